The van der Waals surface area contributed by atoms with E-state index in [4.69, 9.17) is 0 Å². The Kier molecular flexibility index (Phi) is 3.33. The maximum absolute atomic E-state index is 12.1. The highest BCUT2D eigenvalue weighted by Gasteiger charge is 2.37. The molecular formula is C15H20N2O. The molecule has 3 heteroatoms. The molecule has 1 N–H and O–H groups in total. The molecule has 0 saturated carbocycles. The molecule has 0 aliphatic carbocycles. The number of benzene rings is 1. The predicted octanol–water partition coefficient (Wildman–Crippen LogP) is 1.44. The van der Waals surface area contributed by atoms with E-state index in [2.05, 4.69) is 17.4 Å². The zero-order chi connectivity index (χ0) is 12.4. The topological polar surface area (TPSA) is 32.3 Å². The summed E-state index contributed by atoms with van der Waals surface area (Å²) in [5.41, 5.74) is 1.25. The third-order valence-corrected chi connectivity index (χ3v) is 4.19. The summed E-state index contributed by atoms with van der Waals surface area (Å²) >= 11 is 0. The summed E-state index contributed by atoms with van der Waals surface area (Å²) in [5, 5.41) is 3.48. The third-order valence-electron chi connectivity index (χ3n) is 4.19. The largest absolute Gasteiger partial charge is 0.341 e. The van der Waals surface area contributed by atoms with E-state index >= 15 is 0 Å². The number of hydrogen-bond acceptors (Lipinski definition) is 2. The van der Waals surface area contributed by atoms with Gasteiger partial charge in [-0.05, 0) is 30.9 Å². The van der Waals surface area contributed by atoms with Crippen LogP contribution in [0.15, 0.2) is 30.3 Å². The molecule has 1 aromatic rings. The van der Waals surface area contributed by atoms with Crippen LogP contribution in [-0.2, 0) is 11.2 Å². The first-order valence-electron chi connectivity index (χ1n) is 6.88. The summed E-state index contributed by atoms with van der Waals surface area (Å²) in [5.74, 6) is 1.01. The minimum absolute atomic E-state index is 0.315. The molecule has 3 nitrogen and oxygen atoms in total. The second-order valence-electron chi connectivity index (χ2n) is 5.39. The Balaban J connectivity index is 1.50. The summed E-state index contributed by atoms with van der Waals surface area (Å²) in [6, 6.07) is 10.8. The molecule has 2 atom stereocenters. The second kappa shape index (κ2) is 5.11. The van der Waals surface area contributed by atoms with Crippen LogP contribution in [0.25, 0.3) is 0 Å². The lowest BCUT2D eigenvalue weighted by Crippen LogP contribution is -2.34. The number of carbonyl (C=O) groups is 1. The number of nitrogens with zero attached hydrogens (tertiary/aromatic N) is 1. The molecule has 0 unspecified atom stereocenters. The van der Waals surface area contributed by atoms with Crippen LogP contribution in [0, 0.1) is 5.92 Å². The second-order valence-corrected chi connectivity index (χ2v) is 5.39. The molecule has 2 fully saturated rings. The standard InChI is InChI=1S/C15H20N2O/c18-15(7-6-12-4-2-1-3-5-12)17-10-13-8-9-16-14(13)11-17/h1-5,13-14,16H,6-11H2/t13-,14+/m1/s1. The predicted molar refractivity (Wildman–Crippen MR) is 71.2 cm³/mol. The number of rotatable bonds is 3. The van der Waals surface area contributed by atoms with E-state index in [1.807, 2.05) is 23.1 Å². The average Bonchev–Trinajstić information content (AvgIpc) is 2.98. The zero-order valence-corrected chi connectivity index (χ0v) is 10.6. The minimum Gasteiger partial charge on any atom is -0.341 e. The molecule has 1 amide bonds. The van der Waals surface area contributed by atoms with Gasteiger partial charge in [0, 0.05) is 25.6 Å². The van der Waals surface area contributed by atoms with Gasteiger partial charge in [-0.25, -0.2) is 0 Å². The number of nitrogens with one attached hydrogen (secondary N) is 1. The van der Waals surface area contributed by atoms with Crippen molar-refractivity contribution in [3.8, 4) is 0 Å². The van der Waals surface area contributed by atoms with Gasteiger partial charge in [-0.3, -0.25) is 4.79 Å². The van der Waals surface area contributed by atoms with Gasteiger partial charge in [-0.2, -0.15) is 0 Å². The van der Waals surface area contributed by atoms with Gasteiger partial charge in [0.05, 0.1) is 0 Å². The van der Waals surface area contributed by atoms with Crippen molar-refractivity contribution in [3.63, 3.8) is 0 Å². The Morgan fingerprint density at radius 2 is 2.11 bits per heavy atom. The molecule has 2 saturated heterocycles. The molecule has 0 bridgehead atoms. The quantitative estimate of drug-likeness (QED) is 0.872. The van der Waals surface area contributed by atoms with Crippen LogP contribution in [-0.4, -0.2) is 36.5 Å². The van der Waals surface area contributed by atoms with Crippen LogP contribution < -0.4 is 5.32 Å². The molecule has 0 radical (unpaired) electrons. The van der Waals surface area contributed by atoms with Crippen LogP contribution >= 0.6 is 0 Å². The zero-order valence-electron chi connectivity index (χ0n) is 10.6. The van der Waals surface area contributed by atoms with Crippen LogP contribution in [0.4, 0.5) is 0 Å². The lowest BCUT2D eigenvalue weighted by molar-refractivity contribution is -0.130. The monoisotopic (exact) mass is 244 g/mol. The lowest BCUT2D eigenvalue weighted by Gasteiger charge is -2.17. The molecule has 1 aromatic carbocycles. The van der Waals surface area contributed by atoms with Gasteiger partial charge < -0.3 is 10.2 Å². The Labute approximate surface area is 108 Å². The molecule has 2 aliphatic rings. The van der Waals surface area contributed by atoms with Crippen molar-refractivity contribution in [1.29, 1.82) is 0 Å². The van der Waals surface area contributed by atoms with Gasteiger partial charge >= 0.3 is 0 Å². The highest BCUT2D eigenvalue weighted by atomic mass is 16.2. The lowest BCUT2D eigenvalue weighted by atomic mass is 10.1. The Bertz CT molecular complexity index is 406. The number of hydrogen-bond donors (Lipinski definition) is 1. The van der Waals surface area contributed by atoms with Crippen LogP contribution in [0.1, 0.15) is 18.4 Å². The minimum atomic E-state index is 0.315. The van der Waals surface area contributed by atoms with Gasteiger partial charge in [-0.1, -0.05) is 30.3 Å². The van der Waals surface area contributed by atoms with Crippen molar-refractivity contribution in [3.05, 3.63) is 35.9 Å². The molecule has 3 rings (SSSR count). The maximum atomic E-state index is 12.1. The number of carbonyl (C=O) groups excluding carboxylic acids is 1. The normalized spacial score (nSPS) is 26.3. The molecule has 2 heterocycles. The van der Waals surface area contributed by atoms with Crippen molar-refractivity contribution in [2.24, 2.45) is 5.92 Å². The van der Waals surface area contributed by atoms with E-state index in [0.29, 0.717) is 24.3 Å². The fraction of sp³-hybridized carbons (Fsp3) is 0.533. The molecule has 2 aliphatic heterocycles. The first-order chi connectivity index (χ1) is 8.83. The maximum Gasteiger partial charge on any atom is 0.222 e. The number of fused-ring (bicyclic) bond motifs is 1. The van der Waals surface area contributed by atoms with E-state index in [-0.39, 0.29) is 0 Å². The Morgan fingerprint density at radius 1 is 1.28 bits per heavy atom. The van der Waals surface area contributed by atoms with E-state index in [1.54, 1.807) is 0 Å². The summed E-state index contributed by atoms with van der Waals surface area (Å²) < 4.78 is 0. The van der Waals surface area contributed by atoms with Crippen molar-refractivity contribution in [2.75, 3.05) is 19.6 Å². The van der Waals surface area contributed by atoms with Crippen LogP contribution in [0.5, 0.6) is 0 Å². The highest BCUT2D eigenvalue weighted by molar-refractivity contribution is 5.77. The highest BCUT2D eigenvalue weighted by Crippen LogP contribution is 2.25. The van der Waals surface area contributed by atoms with Crippen molar-refractivity contribution < 1.29 is 4.79 Å². The fourth-order valence-corrected chi connectivity index (χ4v) is 3.11. The van der Waals surface area contributed by atoms with E-state index in [1.165, 1.54) is 12.0 Å². The van der Waals surface area contributed by atoms with Gasteiger partial charge in [0.25, 0.3) is 0 Å². The summed E-state index contributed by atoms with van der Waals surface area (Å²) in [7, 11) is 0. The smallest absolute Gasteiger partial charge is 0.222 e. The Morgan fingerprint density at radius 3 is 2.89 bits per heavy atom. The summed E-state index contributed by atoms with van der Waals surface area (Å²) in [6.45, 7) is 3.00. The van der Waals surface area contributed by atoms with E-state index in [0.717, 1.165) is 26.1 Å². The average molecular weight is 244 g/mol. The van der Waals surface area contributed by atoms with E-state index < -0.39 is 0 Å². The number of likely N-dealkylation sites (tertiary alicyclic amines) is 1. The van der Waals surface area contributed by atoms with Crippen molar-refractivity contribution in [2.45, 2.75) is 25.3 Å². The Hall–Kier alpha value is -1.35. The molecule has 0 spiro atoms. The van der Waals surface area contributed by atoms with Crippen molar-refractivity contribution in [1.82, 2.24) is 10.2 Å². The number of amides is 1. The van der Waals surface area contributed by atoms with Crippen LogP contribution in [0.2, 0.25) is 0 Å². The van der Waals surface area contributed by atoms with Gasteiger partial charge in [0.15, 0.2) is 0 Å². The molecule has 96 valence electrons. The summed E-state index contributed by atoms with van der Waals surface area (Å²) in [4.78, 5) is 14.2. The van der Waals surface area contributed by atoms with Gasteiger partial charge in [0.1, 0.15) is 0 Å². The molecule has 0 aromatic heterocycles. The first kappa shape index (κ1) is 11.7. The SMILES string of the molecule is O=C(CCc1ccccc1)N1C[C@H]2CCN[C@H]2C1. The number of aryl methyl sites for hydroxylation is 1. The third kappa shape index (κ3) is 2.41. The molecular weight excluding hydrogens is 224 g/mol. The van der Waals surface area contributed by atoms with Crippen molar-refractivity contribution >= 4 is 5.91 Å². The van der Waals surface area contributed by atoms with Crippen LogP contribution in [0.3, 0.4) is 0 Å². The fourth-order valence-electron chi connectivity index (χ4n) is 3.11. The van der Waals surface area contributed by atoms with Gasteiger partial charge in [0.2, 0.25) is 5.91 Å². The molecule has 18 heavy (non-hydrogen) atoms. The summed E-state index contributed by atoms with van der Waals surface area (Å²) in [6.07, 6.45) is 2.73. The van der Waals surface area contributed by atoms with Gasteiger partial charge in [-0.15, -0.1) is 0 Å². The van der Waals surface area contributed by atoms with E-state index in [9.17, 15) is 4.79 Å². The first-order valence-corrected chi connectivity index (χ1v) is 6.88.